The molecule has 3 heterocycles. The molecule has 9 heteroatoms. The normalized spacial score (nSPS) is 14.6. The van der Waals surface area contributed by atoms with Gasteiger partial charge in [0, 0.05) is 50.8 Å². The van der Waals surface area contributed by atoms with Crippen molar-refractivity contribution in [3.05, 3.63) is 18.5 Å². The van der Waals surface area contributed by atoms with Crippen LogP contribution in [-0.2, 0) is 9.47 Å². The Morgan fingerprint density at radius 2 is 2.00 bits per heavy atom. The van der Waals surface area contributed by atoms with Crippen LogP contribution in [-0.4, -0.2) is 66.5 Å². The molecule has 1 aliphatic heterocycles. The molecule has 1 aliphatic rings. The Morgan fingerprint density at radius 3 is 2.71 bits per heavy atom. The summed E-state index contributed by atoms with van der Waals surface area (Å²) in [6.07, 6.45) is 3.32. The molecular formula is C15H21N7O2. The van der Waals surface area contributed by atoms with Crippen molar-refractivity contribution < 1.29 is 9.47 Å². The van der Waals surface area contributed by atoms with Crippen LogP contribution in [0.5, 0.6) is 0 Å². The minimum Gasteiger partial charge on any atom is -0.383 e. The third kappa shape index (κ3) is 4.06. The average molecular weight is 331 g/mol. The van der Waals surface area contributed by atoms with E-state index in [1.54, 1.807) is 19.5 Å². The molecule has 9 nitrogen and oxygen atoms in total. The highest BCUT2D eigenvalue weighted by Gasteiger charge is 2.16. The van der Waals surface area contributed by atoms with E-state index >= 15 is 0 Å². The van der Waals surface area contributed by atoms with Gasteiger partial charge in [0.25, 0.3) is 0 Å². The number of nitrogen functional groups attached to an aromatic ring is 1. The van der Waals surface area contributed by atoms with E-state index in [-0.39, 0.29) is 5.95 Å². The fraction of sp³-hybridized carbons (Fsp3) is 0.467. The summed E-state index contributed by atoms with van der Waals surface area (Å²) in [5.41, 5.74) is 7.09. The largest absolute Gasteiger partial charge is 0.383 e. The summed E-state index contributed by atoms with van der Waals surface area (Å²) in [5.74, 6) is 1.63. The predicted molar refractivity (Wildman–Crippen MR) is 90.9 cm³/mol. The zero-order valence-corrected chi connectivity index (χ0v) is 13.6. The first-order valence-electron chi connectivity index (χ1n) is 7.79. The van der Waals surface area contributed by atoms with E-state index in [1.165, 1.54) is 0 Å². The standard InChI is InChI=1S/C15H21N7O2/c1-23-5-2-17-13-8-12(11-9-18-14(16)19-10-11)20-15(21-13)22-3-6-24-7-4-22/h8-10H,2-7H2,1H3,(H2,16,18,19)(H,17,20,21). The summed E-state index contributed by atoms with van der Waals surface area (Å²) >= 11 is 0. The van der Waals surface area contributed by atoms with Crippen molar-refractivity contribution in [1.82, 2.24) is 19.9 Å². The van der Waals surface area contributed by atoms with E-state index in [9.17, 15) is 0 Å². The van der Waals surface area contributed by atoms with Gasteiger partial charge in [0.2, 0.25) is 11.9 Å². The van der Waals surface area contributed by atoms with Gasteiger partial charge in [-0.15, -0.1) is 0 Å². The number of methoxy groups -OCH3 is 1. The second-order valence-electron chi connectivity index (χ2n) is 5.29. The van der Waals surface area contributed by atoms with E-state index in [2.05, 4.69) is 30.2 Å². The van der Waals surface area contributed by atoms with Crippen molar-refractivity contribution in [3.8, 4) is 11.3 Å². The van der Waals surface area contributed by atoms with Crippen LogP contribution in [0.1, 0.15) is 0 Å². The van der Waals surface area contributed by atoms with Crippen LogP contribution >= 0.6 is 0 Å². The minimum atomic E-state index is 0.236. The maximum absolute atomic E-state index is 5.56. The first-order chi connectivity index (χ1) is 11.8. The Hall–Kier alpha value is -2.52. The van der Waals surface area contributed by atoms with Crippen LogP contribution < -0.4 is 16.0 Å². The fourth-order valence-corrected chi connectivity index (χ4v) is 2.33. The van der Waals surface area contributed by atoms with Gasteiger partial charge >= 0.3 is 0 Å². The highest BCUT2D eigenvalue weighted by Crippen LogP contribution is 2.22. The van der Waals surface area contributed by atoms with Gasteiger partial charge in [-0.2, -0.15) is 4.98 Å². The Kier molecular flexibility index (Phi) is 5.34. The fourth-order valence-electron chi connectivity index (χ4n) is 2.33. The first kappa shape index (κ1) is 16.3. The van der Waals surface area contributed by atoms with Gasteiger partial charge < -0.3 is 25.4 Å². The number of hydrogen-bond donors (Lipinski definition) is 2. The van der Waals surface area contributed by atoms with Gasteiger partial charge in [-0.1, -0.05) is 0 Å². The molecule has 1 saturated heterocycles. The number of rotatable bonds is 6. The van der Waals surface area contributed by atoms with Crippen molar-refractivity contribution in [2.75, 3.05) is 62.5 Å². The number of hydrogen-bond acceptors (Lipinski definition) is 9. The Balaban J connectivity index is 1.90. The topological polar surface area (TPSA) is 111 Å². The van der Waals surface area contributed by atoms with Crippen molar-refractivity contribution in [1.29, 1.82) is 0 Å². The third-order valence-corrected chi connectivity index (χ3v) is 3.59. The van der Waals surface area contributed by atoms with E-state index in [4.69, 9.17) is 15.2 Å². The number of nitrogens with one attached hydrogen (secondary N) is 1. The van der Waals surface area contributed by atoms with E-state index in [1.807, 2.05) is 6.07 Å². The van der Waals surface area contributed by atoms with Crippen molar-refractivity contribution in [2.24, 2.45) is 0 Å². The number of nitrogens with two attached hydrogens (primary N) is 1. The van der Waals surface area contributed by atoms with Crippen LogP contribution in [0.2, 0.25) is 0 Å². The molecule has 1 fully saturated rings. The molecule has 0 aliphatic carbocycles. The lowest BCUT2D eigenvalue weighted by Gasteiger charge is -2.27. The molecule has 3 N–H and O–H groups in total. The van der Waals surface area contributed by atoms with Gasteiger partial charge in [0.1, 0.15) is 5.82 Å². The van der Waals surface area contributed by atoms with Crippen molar-refractivity contribution in [3.63, 3.8) is 0 Å². The van der Waals surface area contributed by atoms with Gasteiger partial charge in [-0.25, -0.2) is 15.0 Å². The van der Waals surface area contributed by atoms with Gasteiger partial charge in [-0.3, -0.25) is 0 Å². The quantitative estimate of drug-likeness (QED) is 0.727. The first-order valence-corrected chi connectivity index (χ1v) is 7.79. The maximum Gasteiger partial charge on any atom is 0.228 e. The molecule has 0 bridgehead atoms. The van der Waals surface area contributed by atoms with E-state index < -0.39 is 0 Å². The number of aromatic nitrogens is 4. The molecule has 0 atom stereocenters. The molecule has 0 radical (unpaired) electrons. The highest BCUT2D eigenvalue weighted by molar-refractivity contribution is 5.63. The molecular weight excluding hydrogens is 310 g/mol. The summed E-state index contributed by atoms with van der Waals surface area (Å²) in [4.78, 5) is 19.4. The second-order valence-corrected chi connectivity index (χ2v) is 5.29. The summed E-state index contributed by atoms with van der Waals surface area (Å²) in [6, 6.07) is 1.87. The molecule has 24 heavy (non-hydrogen) atoms. The Morgan fingerprint density at radius 1 is 1.25 bits per heavy atom. The zero-order chi connectivity index (χ0) is 16.8. The third-order valence-electron chi connectivity index (χ3n) is 3.59. The minimum absolute atomic E-state index is 0.236. The molecule has 3 rings (SSSR count). The van der Waals surface area contributed by atoms with E-state index in [0.717, 1.165) is 30.2 Å². The molecule has 0 aromatic carbocycles. The molecule has 0 amide bonds. The van der Waals surface area contributed by atoms with Crippen molar-refractivity contribution in [2.45, 2.75) is 0 Å². The van der Waals surface area contributed by atoms with Crippen LogP contribution in [0.25, 0.3) is 11.3 Å². The molecule has 2 aromatic heterocycles. The SMILES string of the molecule is COCCNc1cc(-c2cnc(N)nc2)nc(N2CCOCC2)n1. The van der Waals surface area contributed by atoms with Gasteiger partial charge in [0.05, 0.1) is 25.5 Å². The van der Waals surface area contributed by atoms with Gasteiger partial charge in [0.15, 0.2) is 0 Å². The van der Waals surface area contributed by atoms with Gasteiger partial charge in [-0.05, 0) is 0 Å². The monoisotopic (exact) mass is 331 g/mol. The highest BCUT2D eigenvalue weighted by atomic mass is 16.5. The lowest BCUT2D eigenvalue weighted by molar-refractivity contribution is 0.122. The van der Waals surface area contributed by atoms with E-state index in [0.29, 0.717) is 32.3 Å². The van der Waals surface area contributed by atoms with Crippen molar-refractivity contribution >= 4 is 17.7 Å². The Bertz CT molecular complexity index is 659. The number of ether oxygens (including phenoxy) is 2. The van der Waals surface area contributed by atoms with Crippen LogP contribution in [0.4, 0.5) is 17.7 Å². The number of nitrogens with zero attached hydrogens (tertiary/aromatic N) is 5. The molecule has 0 unspecified atom stereocenters. The summed E-state index contributed by atoms with van der Waals surface area (Å²) in [7, 11) is 1.66. The smallest absolute Gasteiger partial charge is 0.228 e. The summed E-state index contributed by atoms with van der Waals surface area (Å²) in [5, 5.41) is 3.25. The molecule has 2 aromatic rings. The molecule has 128 valence electrons. The number of morpholine rings is 1. The maximum atomic E-state index is 5.56. The zero-order valence-electron chi connectivity index (χ0n) is 13.6. The Labute approximate surface area is 140 Å². The summed E-state index contributed by atoms with van der Waals surface area (Å²) < 4.78 is 10.5. The summed E-state index contributed by atoms with van der Waals surface area (Å²) in [6.45, 7) is 4.12. The number of anilines is 3. The molecule has 0 spiro atoms. The van der Waals surface area contributed by atoms with Crippen LogP contribution in [0.3, 0.4) is 0 Å². The van der Waals surface area contributed by atoms with Crippen LogP contribution in [0.15, 0.2) is 18.5 Å². The average Bonchev–Trinajstić information content (AvgIpc) is 2.63. The van der Waals surface area contributed by atoms with Crippen LogP contribution in [0, 0.1) is 0 Å². The second kappa shape index (κ2) is 7.84. The lowest BCUT2D eigenvalue weighted by Crippen LogP contribution is -2.37. The lowest BCUT2D eigenvalue weighted by atomic mass is 10.2. The molecule has 0 saturated carbocycles. The predicted octanol–water partition coefficient (Wildman–Crippen LogP) is 0.411.